The molecule has 1 rings (SSSR count). The van der Waals surface area contributed by atoms with Gasteiger partial charge in [-0.25, -0.2) is 0 Å². The van der Waals surface area contributed by atoms with Crippen LogP contribution in [0.5, 0.6) is 0 Å². The Labute approximate surface area is 107 Å². The van der Waals surface area contributed by atoms with Crippen LogP contribution in [0.1, 0.15) is 18.4 Å². The lowest BCUT2D eigenvalue weighted by Crippen LogP contribution is -2.41. The van der Waals surface area contributed by atoms with Gasteiger partial charge in [0.15, 0.2) is 0 Å². The molecule has 1 aromatic rings. The Kier molecular flexibility index (Phi) is 6.38. The molecule has 102 valence electrons. The average Bonchev–Trinajstić information content (AvgIpc) is 2.75. The smallest absolute Gasteiger partial charge is 0.236 e. The van der Waals surface area contributed by atoms with Crippen molar-refractivity contribution < 1.29 is 9.53 Å². The number of hydrogen-bond acceptors (Lipinski definition) is 4. The third-order valence-corrected chi connectivity index (χ3v) is 2.67. The van der Waals surface area contributed by atoms with Crippen molar-refractivity contribution in [2.24, 2.45) is 12.8 Å². The Bertz CT molecular complexity index is 365. The Balaban J connectivity index is 2.16. The molecule has 1 amide bonds. The van der Waals surface area contributed by atoms with E-state index in [1.165, 1.54) is 0 Å². The standard InChI is InChI=1S/C12H22N4O2/c1-16-9-10(8-15-16)5-6-14-12(17)11(13)4-3-7-18-2/h8-9,11H,3-7,13H2,1-2H3,(H,14,17). The number of ether oxygens (including phenoxy) is 1. The second-order valence-electron chi connectivity index (χ2n) is 4.30. The summed E-state index contributed by atoms with van der Waals surface area (Å²) in [5.41, 5.74) is 6.86. The fraction of sp³-hybridized carbons (Fsp3) is 0.667. The van der Waals surface area contributed by atoms with Gasteiger partial charge in [0.25, 0.3) is 0 Å². The molecule has 0 fully saturated rings. The number of nitrogens with two attached hydrogens (primary N) is 1. The molecular formula is C12H22N4O2. The number of carbonyl (C=O) groups excluding carboxylic acids is 1. The molecule has 1 unspecified atom stereocenters. The number of rotatable bonds is 8. The molecule has 6 heteroatoms. The molecule has 0 aromatic carbocycles. The quantitative estimate of drug-likeness (QED) is 0.631. The van der Waals surface area contributed by atoms with E-state index in [-0.39, 0.29) is 5.91 Å². The summed E-state index contributed by atoms with van der Waals surface area (Å²) in [6, 6.07) is -0.450. The van der Waals surface area contributed by atoms with Crippen LogP contribution in [0.15, 0.2) is 12.4 Å². The van der Waals surface area contributed by atoms with Crippen LogP contribution >= 0.6 is 0 Å². The summed E-state index contributed by atoms with van der Waals surface area (Å²) >= 11 is 0. The Morgan fingerprint density at radius 3 is 3.06 bits per heavy atom. The molecule has 0 radical (unpaired) electrons. The van der Waals surface area contributed by atoms with Gasteiger partial charge in [-0.2, -0.15) is 5.10 Å². The summed E-state index contributed by atoms with van der Waals surface area (Å²) in [6.07, 6.45) is 5.94. The van der Waals surface area contributed by atoms with Gasteiger partial charge in [0.1, 0.15) is 0 Å². The fourth-order valence-electron chi connectivity index (χ4n) is 1.64. The molecule has 1 aromatic heterocycles. The molecule has 0 spiro atoms. The zero-order valence-electron chi connectivity index (χ0n) is 11.1. The molecule has 0 saturated heterocycles. The molecule has 18 heavy (non-hydrogen) atoms. The van der Waals surface area contributed by atoms with E-state index in [9.17, 15) is 4.79 Å². The lowest BCUT2D eigenvalue weighted by molar-refractivity contribution is -0.122. The van der Waals surface area contributed by atoms with Gasteiger partial charge < -0.3 is 15.8 Å². The van der Waals surface area contributed by atoms with Crippen LogP contribution in [-0.2, 0) is 23.0 Å². The number of carbonyl (C=O) groups is 1. The van der Waals surface area contributed by atoms with Crippen molar-refractivity contribution >= 4 is 5.91 Å². The highest BCUT2D eigenvalue weighted by Crippen LogP contribution is 1.98. The van der Waals surface area contributed by atoms with Crippen molar-refractivity contribution in [3.05, 3.63) is 18.0 Å². The summed E-state index contributed by atoms with van der Waals surface area (Å²) < 4.78 is 6.66. The first-order valence-electron chi connectivity index (χ1n) is 6.13. The third kappa shape index (κ3) is 5.29. The van der Waals surface area contributed by atoms with E-state index in [4.69, 9.17) is 10.5 Å². The normalized spacial score (nSPS) is 12.4. The number of amides is 1. The van der Waals surface area contributed by atoms with Gasteiger partial charge in [0.2, 0.25) is 5.91 Å². The molecule has 1 atom stereocenters. The zero-order chi connectivity index (χ0) is 13.4. The zero-order valence-corrected chi connectivity index (χ0v) is 11.1. The molecule has 0 aliphatic rings. The molecule has 0 saturated carbocycles. The number of aromatic nitrogens is 2. The van der Waals surface area contributed by atoms with Crippen LogP contribution < -0.4 is 11.1 Å². The van der Waals surface area contributed by atoms with Crippen LogP contribution in [0.3, 0.4) is 0 Å². The van der Waals surface area contributed by atoms with Gasteiger partial charge in [-0.05, 0) is 24.8 Å². The lowest BCUT2D eigenvalue weighted by Gasteiger charge is -2.11. The first-order valence-corrected chi connectivity index (χ1v) is 6.13. The number of nitrogens with zero attached hydrogens (tertiary/aromatic N) is 2. The molecular weight excluding hydrogens is 232 g/mol. The minimum absolute atomic E-state index is 0.102. The van der Waals surface area contributed by atoms with Gasteiger partial charge in [-0.3, -0.25) is 9.48 Å². The van der Waals surface area contributed by atoms with E-state index in [0.29, 0.717) is 19.6 Å². The van der Waals surface area contributed by atoms with Crippen molar-refractivity contribution in [3.63, 3.8) is 0 Å². The van der Waals surface area contributed by atoms with Crippen molar-refractivity contribution in [1.29, 1.82) is 0 Å². The van der Waals surface area contributed by atoms with Crippen LogP contribution in [-0.4, -0.2) is 42.0 Å². The van der Waals surface area contributed by atoms with Crippen LogP contribution in [0, 0.1) is 0 Å². The minimum atomic E-state index is -0.450. The van der Waals surface area contributed by atoms with Crippen LogP contribution in [0.4, 0.5) is 0 Å². The van der Waals surface area contributed by atoms with Gasteiger partial charge in [0, 0.05) is 33.5 Å². The lowest BCUT2D eigenvalue weighted by atomic mass is 10.1. The predicted molar refractivity (Wildman–Crippen MR) is 69.0 cm³/mol. The van der Waals surface area contributed by atoms with E-state index in [0.717, 1.165) is 18.4 Å². The third-order valence-electron chi connectivity index (χ3n) is 2.67. The highest BCUT2D eigenvalue weighted by molar-refractivity contribution is 5.81. The summed E-state index contributed by atoms with van der Waals surface area (Å²) in [5, 5.41) is 6.89. The summed E-state index contributed by atoms with van der Waals surface area (Å²) in [6.45, 7) is 1.22. The first-order chi connectivity index (χ1) is 8.63. The largest absolute Gasteiger partial charge is 0.385 e. The van der Waals surface area contributed by atoms with Crippen molar-refractivity contribution in [2.75, 3.05) is 20.3 Å². The number of aryl methyl sites for hydroxylation is 1. The highest BCUT2D eigenvalue weighted by atomic mass is 16.5. The highest BCUT2D eigenvalue weighted by Gasteiger charge is 2.12. The van der Waals surface area contributed by atoms with Gasteiger partial charge in [-0.1, -0.05) is 0 Å². The summed E-state index contributed by atoms with van der Waals surface area (Å²) in [5.74, 6) is -0.102. The first kappa shape index (κ1) is 14.7. The summed E-state index contributed by atoms with van der Waals surface area (Å²) in [7, 11) is 3.51. The maximum absolute atomic E-state index is 11.6. The molecule has 0 bridgehead atoms. The molecule has 1 heterocycles. The number of hydrogen-bond donors (Lipinski definition) is 2. The SMILES string of the molecule is COCCCC(N)C(=O)NCCc1cnn(C)c1. The maximum Gasteiger partial charge on any atom is 0.236 e. The van der Waals surface area contributed by atoms with E-state index >= 15 is 0 Å². The topological polar surface area (TPSA) is 82.2 Å². The van der Waals surface area contributed by atoms with Gasteiger partial charge >= 0.3 is 0 Å². The summed E-state index contributed by atoms with van der Waals surface area (Å²) in [4.78, 5) is 11.6. The molecule has 0 aliphatic heterocycles. The van der Waals surface area contributed by atoms with Crippen LogP contribution in [0.2, 0.25) is 0 Å². The second-order valence-corrected chi connectivity index (χ2v) is 4.30. The molecule has 3 N–H and O–H groups in total. The van der Waals surface area contributed by atoms with E-state index < -0.39 is 6.04 Å². The Hall–Kier alpha value is -1.40. The van der Waals surface area contributed by atoms with Crippen molar-refractivity contribution in [1.82, 2.24) is 15.1 Å². The monoisotopic (exact) mass is 254 g/mol. The van der Waals surface area contributed by atoms with Crippen molar-refractivity contribution in [2.45, 2.75) is 25.3 Å². The van der Waals surface area contributed by atoms with E-state index in [1.807, 2.05) is 13.2 Å². The van der Waals surface area contributed by atoms with Crippen molar-refractivity contribution in [3.8, 4) is 0 Å². The van der Waals surface area contributed by atoms with E-state index in [2.05, 4.69) is 10.4 Å². The number of methoxy groups -OCH3 is 1. The Morgan fingerprint density at radius 2 is 2.44 bits per heavy atom. The van der Waals surface area contributed by atoms with Crippen LogP contribution in [0.25, 0.3) is 0 Å². The number of nitrogens with one attached hydrogen (secondary N) is 1. The maximum atomic E-state index is 11.6. The van der Waals surface area contributed by atoms with E-state index in [1.54, 1.807) is 18.0 Å². The molecule has 0 aliphatic carbocycles. The van der Waals surface area contributed by atoms with Gasteiger partial charge in [0.05, 0.1) is 12.2 Å². The average molecular weight is 254 g/mol. The fourth-order valence-corrected chi connectivity index (χ4v) is 1.64. The Morgan fingerprint density at radius 1 is 1.67 bits per heavy atom. The van der Waals surface area contributed by atoms with Gasteiger partial charge in [-0.15, -0.1) is 0 Å². The molecule has 6 nitrogen and oxygen atoms in total. The minimum Gasteiger partial charge on any atom is -0.385 e. The second kappa shape index (κ2) is 7.84. The predicted octanol–water partition coefficient (Wildman–Crippen LogP) is -0.167.